The molecule has 1 spiro atoms. The number of carbonyl (C=O) groups excluding carboxylic acids is 4. The third-order valence-electron chi connectivity index (χ3n) is 7.72. The Labute approximate surface area is 208 Å². The van der Waals surface area contributed by atoms with Crippen LogP contribution in [0.15, 0.2) is 35.5 Å². The van der Waals surface area contributed by atoms with Gasteiger partial charge >= 0.3 is 11.9 Å². The van der Waals surface area contributed by atoms with Gasteiger partial charge in [0.15, 0.2) is 11.9 Å². The zero-order chi connectivity index (χ0) is 26.1. The monoisotopic (exact) mass is 485 g/mol. The Morgan fingerprint density at radius 3 is 2.37 bits per heavy atom. The first-order chi connectivity index (χ1) is 16.4. The molecule has 3 rings (SSSR count). The molecule has 1 amide bonds. The van der Waals surface area contributed by atoms with E-state index in [1.807, 2.05) is 13.0 Å². The highest BCUT2D eigenvalue weighted by Crippen LogP contribution is 2.55. The second kappa shape index (κ2) is 10.5. The number of amides is 1. The molecule has 0 bridgehead atoms. The van der Waals surface area contributed by atoms with Crippen molar-refractivity contribution in [3.63, 3.8) is 0 Å². The summed E-state index contributed by atoms with van der Waals surface area (Å²) in [4.78, 5) is 51.5. The Morgan fingerprint density at radius 1 is 1.11 bits per heavy atom. The topological polar surface area (TPSA) is 98.8 Å². The lowest BCUT2D eigenvalue weighted by Crippen LogP contribution is -2.52. The molecular formula is C28H39NO6. The molecule has 1 fully saturated rings. The highest BCUT2D eigenvalue weighted by Gasteiger charge is 2.64. The molecule has 0 aromatic carbocycles. The normalized spacial score (nSPS) is 37.6. The van der Waals surface area contributed by atoms with Crippen LogP contribution in [0.3, 0.4) is 0 Å². The van der Waals surface area contributed by atoms with Crippen LogP contribution in [0.4, 0.5) is 0 Å². The highest BCUT2D eigenvalue weighted by atomic mass is 16.6. The third-order valence-corrected chi connectivity index (χ3v) is 7.72. The maximum absolute atomic E-state index is 14.1. The van der Waals surface area contributed by atoms with Gasteiger partial charge in [-0.3, -0.25) is 19.2 Å². The molecule has 1 saturated heterocycles. The summed E-state index contributed by atoms with van der Waals surface area (Å²) in [7, 11) is 0. The molecule has 0 saturated carbocycles. The molecule has 3 aliphatic rings. The van der Waals surface area contributed by atoms with E-state index in [0.29, 0.717) is 18.8 Å². The zero-order valence-corrected chi connectivity index (χ0v) is 21.9. The molecule has 1 N–H and O–H groups in total. The van der Waals surface area contributed by atoms with Crippen LogP contribution in [0, 0.1) is 29.1 Å². The van der Waals surface area contributed by atoms with Crippen LogP contribution in [0.25, 0.3) is 0 Å². The minimum absolute atomic E-state index is 0.0446. The average molecular weight is 486 g/mol. The number of rotatable bonds is 4. The largest absolute Gasteiger partial charge is 0.458 e. The van der Waals surface area contributed by atoms with Gasteiger partial charge in [-0.1, -0.05) is 44.1 Å². The van der Waals surface area contributed by atoms with Crippen LogP contribution in [-0.4, -0.2) is 41.9 Å². The Kier molecular flexibility index (Phi) is 8.07. The lowest BCUT2D eigenvalue weighted by Gasteiger charge is -2.44. The van der Waals surface area contributed by atoms with Crippen LogP contribution in [-0.2, 0) is 28.7 Å². The van der Waals surface area contributed by atoms with E-state index < -0.39 is 35.5 Å². The van der Waals surface area contributed by atoms with Crippen LogP contribution in [0.1, 0.15) is 67.7 Å². The predicted octanol–water partition coefficient (Wildman–Crippen LogP) is 4.07. The number of ketones is 1. The number of hydrogen-bond acceptors (Lipinski definition) is 6. The molecule has 7 heteroatoms. The van der Waals surface area contributed by atoms with E-state index in [1.165, 1.54) is 31.6 Å². The van der Waals surface area contributed by atoms with Crippen molar-refractivity contribution in [3.8, 4) is 0 Å². The van der Waals surface area contributed by atoms with Crippen molar-refractivity contribution < 1.29 is 28.7 Å². The Balaban J connectivity index is 2.18. The Hall–Kier alpha value is -2.70. The quantitative estimate of drug-likeness (QED) is 0.366. The molecule has 1 heterocycles. The summed E-state index contributed by atoms with van der Waals surface area (Å²) < 4.78 is 10.9. The molecule has 2 aliphatic carbocycles. The van der Waals surface area contributed by atoms with Crippen molar-refractivity contribution in [2.24, 2.45) is 29.1 Å². The minimum Gasteiger partial charge on any atom is -0.458 e. The summed E-state index contributed by atoms with van der Waals surface area (Å²) in [5, 5.41) is 3.18. The fraction of sp³-hybridized carbons (Fsp3) is 0.643. The van der Waals surface area contributed by atoms with E-state index in [1.54, 1.807) is 0 Å². The molecular weight excluding hydrogens is 446 g/mol. The molecule has 0 radical (unpaired) electrons. The van der Waals surface area contributed by atoms with E-state index in [9.17, 15) is 19.2 Å². The molecule has 0 unspecified atom stereocenters. The number of esters is 2. The van der Waals surface area contributed by atoms with Crippen LogP contribution in [0.2, 0.25) is 0 Å². The first-order valence-corrected chi connectivity index (χ1v) is 12.6. The van der Waals surface area contributed by atoms with Crippen LogP contribution in [0.5, 0.6) is 0 Å². The van der Waals surface area contributed by atoms with Gasteiger partial charge in [0, 0.05) is 31.7 Å². The van der Waals surface area contributed by atoms with Gasteiger partial charge < -0.3 is 14.8 Å². The zero-order valence-electron chi connectivity index (χ0n) is 21.9. The fourth-order valence-electron chi connectivity index (χ4n) is 6.16. The van der Waals surface area contributed by atoms with Gasteiger partial charge in [-0.05, 0) is 57.1 Å². The summed E-state index contributed by atoms with van der Waals surface area (Å²) >= 11 is 0. The first-order valence-electron chi connectivity index (χ1n) is 12.6. The van der Waals surface area contributed by atoms with Crippen molar-refractivity contribution >= 4 is 23.6 Å². The van der Waals surface area contributed by atoms with Crippen molar-refractivity contribution in [2.45, 2.75) is 86.0 Å². The molecule has 35 heavy (non-hydrogen) atoms. The number of allylic oxidation sites excluding steroid dienone is 5. The van der Waals surface area contributed by atoms with E-state index in [4.69, 9.17) is 9.47 Å². The van der Waals surface area contributed by atoms with Crippen LogP contribution < -0.4 is 5.32 Å². The molecule has 0 aromatic rings. The smallest absolute Gasteiger partial charge is 0.303 e. The van der Waals surface area contributed by atoms with Crippen molar-refractivity contribution in [1.29, 1.82) is 0 Å². The Bertz CT molecular complexity index is 976. The maximum atomic E-state index is 14.1. The van der Waals surface area contributed by atoms with E-state index in [2.05, 4.69) is 39.1 Å². The van der Waals surface area contributed by atoms with E-state index in [0.717, 1.165) is 12.0 Å². The summed E-state index contributed by atoms with van der Waals surface area (Å²) in [6, 6.07) is -0.113. The second-order valence-corrected chi connectivity index (χ2v) is 10.8. The standard InChI is InChI=1S/C28H39NO6/c1-15(2)12-22-26-18(5)17(4)14-21-13-16(3)8-9-23(34-19(6)30)24(35-20(7)31)10-11-25(32)28(21,26)27(33)29-22/h10-11,13-15,18,21-24,26H,8-9,12H2,1-7H3,(H,29,33)/b11-10+,16-13+/t18-,21+,22+,23+,24-,26+,28-/m1/s1. The molecule has 0 aromatic heterocycles. The lowest BCUT2D eigenvalue weighted by atomic mass is 9.55. The van der Waals surface area contributed by atoms with Gasteiger partial charge in [0.05, 0.1) is 0 Å². The Morgan fingerprint density at radius 2 is 1.77 bits per heavy atom. The predicted molar refractivity (Wildman–Crippen MR) is 132 cm³/mol. The maximum Gasteiger partial charge on any atom is 0.303 e. The SMILES string of the molecule is CC(=O)O[C@H]1CC/C(C)=C/[C@H]2C=C(C)[C@@H](C)[C@H]3[C@H](CC(C)C)NC(=O)[C@]32C(=O)/C=C/[C@H]1OC(C)=O. The summed E-state index contributed by atoms with van der Waals surface area (Å²) in [5.41, 5.74) is 0.880. The first kappa shape index (κ1) is 26.9. The molecule has 1 aliphatic heterocycles. The third kappa shape index (κ3) is 5.29. The number of hydrogen-bond donors (Lipinski definition) is 1. The minimum atomic E-state index is -1.28. The summed E-state index contributed by atoms with van der Waals surface area (Å²) in [5.74, 6) is -1.78. The van der Waals surface area contributed by atoms with Gasteiger partial charge in [0.2, 0.25) is 5.91 Å². The number of ether oxygens (including phenoxy) is 2. The lowest BCUT2D eigenvalue weighted by molar-refractivity contribution is -0.162. The van der Waals surface area contributed by atoms with Gasteiger partial charge in [-0.2, -0.15) is 0 Å². The molecule has 7 atom stereocenters. The van der Waals surface area contributed by atoms with Crippen molar-refractivity contribution in [1.82, 2.24) is 5.32 Å². The molecule has 7 nitrogen and oxygen atoms in total. The van der Waals surface area contributed by atoms with Gasteiger partial charge in [-0.25, -0.2) is 0 Å². The van der Waals surface area contributed by atoms with Crippen LogP contribution >= 0.6 is 0 Å². The summed E-state index contributed by atoms with van der Waals surface area (Å²) in [6.45, 7) is 13.0. The average Bonchev–Trinajstić information content (AvgIpc) is 3.02. The second-order valence-electron chi connectivity index (χ2n) is 10.8. The van der Waals surface area contributed by atoms with E-state index >= 15 is 0 Å². The molecule has 192 valence electrons. The fourth-order valence-corrected chi connectivity index (χ4v) is 6.16. The summed E-state index contributed by atoms with van der Waals surface area (Å²) in [6.07, 6.45) is 7.07. The number of nitrogens with one attached hydrogen (secondary N) is 1. The van der Waals surface area contributed by atoms with Gasteiger partial charge in [0.25, 0.3) is 0 Å². The highest BCUT2D eigenvalue weighted by molar-refractivity contribution is 6.13. The van der Waals surface area contributed by atoms with Crippen molar-refractivity contribution in [3.05, 3.63) is 35.5 Å². The number of carbonyl (C=O) groups is 4. The van der Waals surface area contributed by atoms with E-state index in [-0.39, 0.29) is 29.6 Å². The van der Waals surface area contributed by atoms with Gasteiger partial charge in [-0.15, -0.1) is 0 Å². The van der Waals surface area contributed by atoms with Gasteiger partial charge in [0.1, 0.15) is 11.5 Å². The van der Waals surface area contributed by atoms with Crippen molar-refractivity contribution in [2.75, 3.05) is 0 Å².